The van der Waals surface area contributed by atoms with E-state index in [9.17, 15) is 5.11 Å². The zero-order chi connectivity index (χ0) is 9.84. The van der Waals surface area contributed by atoms with Crippen molar-refractivity contribution in [2.45, 2.75) is 18.9 Å². The summed E-state index contributed by atoms with van der Waals surface area (Å²) in [4.78, 5) is 0. The molecule has 2 atom stereocenters. The molecule has 0 bridgehead atoms. The Labute approximate surface area is 83.3 Å². The highest BCUT2D eigenvalue weighted by molar-refractivity contribution is 6.31. The highest BCUT2D eigenvalue weighted by Gasteiger charge is 2.17. The minimum atomic E-state index is -0.468. The van der Waals surface area contributed by atoms with Crippen LogP contribution in [0, 0.1) is 0 Å². The second-order valence-electron chi connectivity index (χ2n) is 3.10. The van der Waals surface area contributed by atoms with Crippen molar-refractivity contribution in [3.05, 3.63) is 34.9 Å². The molecule has 0 aliphatic heterocycles. The largest absolute Gasteiger partial charge is 0.393 e. The molecule has 3 N–H and O–H groups in total. The lowest BCUT2D eigenvalue weighted by Gasteiger charge is -2.19. The smallest absolute Gasteiger partial charge is 0.0593 e. The molecule has 0 fully saturated rings. The van der Waals surface area contributed by atoms with Crippen LogP contribution in [0.15, 0.2) is 24.3 Å². The van der Waals surface area contributed by atoms with Crippen LogP contribution in [-0.4, -0.2) is 17.8 Å². The van der Waals surface area contributed by atoms with Gasteiger partial charge in [0.1, 0.15) is 0 Å². The molecule has 0 amide bonds. The van der Waals surface area contributed by atoms with Crippen molar-refractivity contribution in [1.82, 2.24) is 0 Å². The van der Waals surface area contributed by atoms with Crippen molar-refractivity contribution in [1.29, 1.82) is 0 Å². The molecule has 1 aromatic rings. The predicted molar refractivity (Wildman–Crippen MR) is 54.9 cm³/mol. The zero-order valence-corrected chi connectivity index (χ0v) is 8.33. The van der Waals surface area contributed by atoms with Crippen molar-refractivity contribution < 1.29 is 5.11 Å². The molecular formula is C10H14ClNO. The molecule has 0 aliphatic rings. The van der Waals surface area contributed by atoms with Crippen molar-refractivity contribution in [2.75, 3.05) is 6.54 Å². The zero-order valence-electron chi connectivity index (χ0n) is 7.57. The summed E-state index contributed by atoms with van der Waals surface area (Å²) in [5, 5.41) is 10.1. The van der Waals surface area contributed by atoms with Crippen LogP contribution >= 0.6 is 11.6 Å². The lowest BCUT2D eigenvalue weighted by molar-refractivity contribution is 0.165. The van der Waals surface area contributed by atoms with Gasteiger partial charge in [-0.25, -0.2) is 0 Å². The van der Waals surface area contributed by atoms with Crippen molar-refractivity contribution >= 4 is 11.6 Å². The first-order chi connectivity index (χ1) is 6.16. The second-order valence-corrected chi connectivity index (χ2v) is 3.51. The van der Waals surface area contributed by atoms with Gasteiger partial charge in [-0.2, -0.15) is 0 Å². The Morgan fingerprint density at radius 3 is 2.54 bits per heavy atom. The third kappa shape index (κ3) is 2.44. The van der Waals surface area contributed by atoms with Crippen LogP contribution in [0.4, 0.5) is 0 Å². The topological polar surface area (TPSA) is 46.2 Å². The fourth-order valence-corrected chi connectivity index (χ4v) is 1.64. The van der Waals surface area contributed by atoms with Crippen LogP contribution in [-0.2, 0) is 0 Å². The van der Waals surface area contributed by atoms with Crippen LogP contribution in [0.25, 0.3) is 0 Å². The van der Waals surface area contributed by atoms with Gasteiger partial charge in [0, 0.05) is 17.5 Å². The number of aliphatic hydroxyl groups excluding tert-OH is 1. The summed E-state index contributed by atoms with van der Waals surface area (Å²) >= 11 is 5.98. The van der Waals surface area contributed by atoms with Gasteiger partial charge in [0.2, 0.25) is 0 Å². The van der Waals surface area contributed by atoms with Gasteiger partial charge < -0.3 is 10.8 Å². The molecular weight excluding hydrogens is 186 g/mol. The lowest BCUT2D eigenvalue weighted by atomic mass is 9.94. The van der Waals surface area contributed by atoms with E-state index in [2.05, 4.69) is 0 Å². The average molecular weight is 200 g/mol. The summed E-state index contributed by atoms with van der Waals surface area (Å²) in [5.74, 6) is -0.0753. The molecule has 0 heterocycles. The van der Waals surface area contributed by atoms with E-state index in [-0.39, 0.29) is 5.92 Å². The van der Waals surface area contributed by atoms with Crippen molar-refractivity contribution in [3.63, 3.8) is 0 Å². The third-order valence-electron chi connectivity index (χ3n) is 2.14. The van der Waals surface area contributed by atoms with E-state index in [0.29, 0.717) is 11.6 Å². The Morgan fingerprint density at radius 2 is 2.08 bits per heavy atom. The first-order valence-electron chi connectivity index (χ1n) is 4.29. The maximum atomic E-state index is 9.45. The fourth-order valence-electron chi connectivity index (χ4n) is 1.36. The minimum Gasteiger partial charge on any atom is -0.393 e. The van der Waals surface area contributed by atoms with Crippen LogP contribution in [0.3, 0.4) is 0 Å². The number of nitrogens with two attached hydrogens (primary N) is 1. The molecule has 0 saturated heterocycles. The number of halogens is 1. The third-order valence-corrected chi connectivity index (χ3v) is 2.49. The van der Waals surface area contributed by atoms with Crippen LogP contribution < -0.4 is 5.73 Å². The molecule has 2 unspecified atom stereocenters. The molecule has 0 spiro atoms. The highest BCUT2D eigenvalue weighted by Crippen LogP contribution is 2.25. The van der Waals surface area contributed by atoms with E-state index in [1.54, 1.807) is 6.92 Å². The molecule has 0 radical (unpaired) electrons. The summed E-state index contributed by atoms with van der Waals surface area (Å²) in [5.41, 5.74) is 6.47. The second kappa shape index (κ2) is 4.61. The molecule has 1 rings (SSSR count). The first kappa shape index (κ1) is 10.5. The Morgan fingerprint density at radius 1 is 1.46 bits per heavy atom. The van der Waals surface area contributed by atoms with E-state index in [0.717, 1.165) is 5.56 Å². The molecule has 0 aliphatic carbocycles. The number of rotatable bonds is 3. The SMILES string of the molecule is CC(O)C(CN)c1ccccc1Cl. The number of hydrogen-bond donors (Lipinski definition) is 2. The highest BCUT2D eigenvalue weighted by atomic mass is 35.5. The normalized spacial score (nSPS) is 15.4. The molecule has 2 nitrogen and oxygen atoms in total. The van der Waals surface area contributed by atoms with Gasteiger partial charge in [0.15, 0.2) is 0 Å². The molecule has 13 heavy (non-hydrogen) atoms. The van der Waals surface area contributed by atoms with Gasteiger partial charge in [-0.3, -0.25) is 0 Å². The maximum absolute atomic E-state index is 9.45. The summed E-state index contributed by atoms with van der Waals surface area (Å²) in [6.07, 6.45) is -0.468. The van der Waals surface area contributed by atoms with E-state index >= 15 is 0 Å². The Balaban J connectivity index is 2.97. The van der Waals surface area contributed by atoms with E-state index < -0.39 is 6.10 Å². The van der Waals surface area contributed by atoms with Gasteiger partial charge in [-0.1, -0.05) is 29.8 Å². The molecule has 0 aromatic heterocycles. The van der Waals surface area contributed by atoms with Crippen molar-refractivity contribution in [2.24, 2.45) is 5.73 Å². The van der Waals surface area contributed by atoms with E-state index in [1.165, 1.54) is 0 Å². The molecule has 3 heteroatoms. The van der Waals surface area contributed by atoms with Gasteiger partial charge >= 0.3 is 0 Å². The Hall–Kier alpha value is -0.570. The predicted octanol–water partition coefficient (Wildman–Crippen LogP) is 1.76. The molecule has 72 valence electrons. The van der Waals surface area contributed by atoms with Gasteiger partial charge in [0.25, 0.3) is 0 Å². The monoisotopic (exact) mass is 199 g/mol. The van der Waals surface area contributed by atoms with Crippen LogP contribution in [0.1, 0.15) is 18.4 Å². The van der Waals surface area contributed by atoms with E-state index in [4.69, 9.17) is 17.3 Å². The van der Waals surface area contributed by atoms with E-state index in [1.807, 2.05) is 24.3 Å². The summed E-state index contributed by atoms with van der Waals surface area (Å²) in [6.45, 7) is 2.13. The Bertz CT molecular complexity index is 275. The quantitative estimate of drug-likeness (QED) is 0.780. The first-order valence-corrected chi connectivity index (χ1v) is 4.67. The lowest BCUT2D eigenvalue weighted by Crippen LogP contribution is -2.23. The van der Waals surface area contributed by atoms with Crippen molar-refractivity contribution in [3.8, 4) is 0 Å². The Kier molecular flexibility index (Phi) is 3.72. The summed E-state index contributed by atoms with van der Waals surface area (Å²) < 4.78 is 0. The molecule has 0 saturated carbocycles. The summed E-state index contributed by atoms with van der Waals surface area (Å²) in [7, 11) is 0. The fraction of sp³-hybridized carbons (Fsp3) is 0.400. The van der Waals surface area contributed by atoms with Gasteiger partial charge in [-0.15, -0.1) is 0 Å². The summed E-state index contributed by atoms with van der Waals surface area (Å²) in [6, 6.07) is 7.46. The maximum Gasteiger partial charge on any atom is 0.0593 e. The molecule has 1 aromatic carbocycles. The number of aliphatic hydroxyl groups is 1. The van der Waals surface area contributed by atoms with Gasteiger partial charge in [0.05, 0.1) is 6.10 Å². The minimum absolute atomic E-state index is 0.0753. The van der Waals surface area contributed by atoms with Crippen LogP contribution in [0.2, 0.25) is 5.02 Å². The van der Waals surface area contributed by atoms with Gasteiger partial charge in [-0.05, 0) is 18.6 Å². The number of hydrogen-bond acceptors (Lipinski definition) is 2. The van der Waals surface area contributed by atoms with Crippen LogP contribution in [0.5, 0.6) is 0 Å². The standard InChI is InChI=1S/C10H14ClNO/c1-7(13)9(6-12)8-4-2-3-5-10(8)11/h2-5,7,9,13H,6,12H2,1H3. The number of benzene rings is 1. The average Bonchev–Trinajstić information content (AvgIpc) is 2.09.